The second-order valence-electron chi connectivity index (χ2n) is 8.48. The summed E-state index contributed by atoms with van der Waals surface area (Å²) in [6.45, 7) is 2.41. The Morgan fingerprint density at radius 2 is 1.32 bits per heavy atom. The molecule has 0 aromatic heterocycles. The van der Waals surface area contributed by atoms with Crippen LogP contribution in [-0.4, -0.2) is 47.3 Å². The number of benzene rings is 2. The Labute approximate surface area is 192 Å². The molecule has 2 amide bonds. The number of hydrogen-bond donors (Lipinski definition) is 1. The largest absolute Gasteiger partial charge is 0.416 e. The first-order valence-corrected chi connectivity index (χ1v) is 10.3. The summed E-state index contributed by atoms with van der Waals surface area (Å²) in [7, 11) is 0. The van der Waals surface area contributed by atoms with Crippen LogP contribution in [-0.2, 0) is 35.0 Å². The van der Waals surface area contributed by atoms with E-state index in [1.165, 1.54) is 29.2 Å². The third kappa shape index (κ3) is 6.07. The number of nitrogens with zero attached hydrogens (tertiary/aromatic N) is 2. The van der Waals surface area contributed by atoms with Crippen LogP contribution >= 0.6 is 0 Å². The minimum atomic E-state index is -4.48. The zero-order valence-corrected chi connectivity index (χ0v) is 18.2. The highest BCUT2D eigenvalue weighted by Crippen LogP contribution is 2.31. The van der Waals surface area contributed by atoms with Crippen LogP contribution in [0.3, 0.4) is 0 Å². The fourth-order valence-electron chi connectivity index (χ4n) is 3.66. The van der Waals surface area contributed by atoms with Gasteiger partial charge in [0.05, 0.1) is 23.2 Å². The van der Waals surface area contributed by atoms with Gasteiger partial charge in [-0.05, 0) is 42.3 Å². The molecule has 0 atom stereocenters. The molecule has 0 radical (unpaired) electrons. The van der Waals surface area contributed by atoms with E-state index in [2.05, 4.69) is 5.32 Å². The van der Waals surface area contributed by atoms with E-state index in [1.54, 1.807) is 0 Å². The van der Waals surface area contributed by atoms with E-state index in [9.17, 15) is 35.9 Å². The molecule has 5 nitrogen and oxygen atoms in total. The van der Waals surface area contributed by atoms with Gasteiger partial charge < -0.3 is 15.1 Å². The minimum absolute atomic E-state index is 0.0438. The maximum Gasteiger partial charge on any atom is 0.416 e. The van der Waals surface area contributed by atoms with E-state index in [4.69, 9.17) is 0 Å². The molecule has 2 aromatic carbocycles. The number of nitrogens with one attached hydrogen (secondary N) is 1. The fourth-order valence-corrected chi connectivity index (χ4v) is 3.66. The molecule has 34 heavy (non-hydrogen) atoms. The first-order chi connectivity index (χ1) is 15.8. The Morgan fingerprint density at radius 1 is 0.882 bits per heavy atom. The lowest BCUT2D eigenvalue weighted by Crippen LogP contribution is -2.68. The van der Waals surface area contributed by atoms with E-state index in [0.29, 0.717) is 30.6 Å². The molecule has 1 heterocycles. The van der Waals surface area contributed by atoms with Crippen LogP contribution in [0.15, 0.2) is 48.5 Å². The number of hydrogen-bond acceptors (Lipinski definition) is 3. The van der Waals surface area contributed by atoms with Gasteiger partial charge >= 0.3 is 12.4 Å². The van der Waals surface area contributed by atoms with E-state index >= 15 is 0 Å². The van der Waals surface area contributed by atoms with Crippen LogP contribution < -0.4 is 5.32 Å². The van der Waals surface area contributed by atoms with E-state index in [-0.39, 0.29) is 19.6 Å². The Morgan fingerprint density at radius 3 is 1.68 bits per heavy atom. The van der Waals surface area contributed by atoms with Crippen molar-refractivity contribution in [2.75, 3.05) is 19.6 Å². The van der Waals surface area contributed by atoms with Crippen LogP contribution in [0.2, 0.25) is 0 Å². The number of carbonyl (C=O) groups excluding carboxylic acids is 2. The average Bonchev–Trinajstić information content (AvgIpc) is 2.74. The molecular weight excluding hydrogens is 464 g/mol. The molecule has 1 fully saturated rings. The van der Waals surface area contributed by atoms with Crippen LogP contribution in [0.1, 0.15) is 29.2 Å². The molecule has 0 spiro atoms. The summed E-state index contributed by atoms with van der Waals surface area (Å²) >= 11 is 0. The molecule has 11 heteroatoms. The Bertz CT molecular complexity index is 999. The van der Waals surface area contributed by atoms with Gasteiger partial charge in [-0.1, -0.05) is 24.3 Å². The van der Waals surface area contributed by atoms with Crippen molar-refractivity contribution in [2.45, 2.75) is 37.9 Å². The second kappa shape index (κ2) is 9.65. The third-order valence-electron chi connectivity index (χ3n) is 5.74. The molecule has 184 valence electrons. The van der Waals surface area contributed by atoms with Gasteiger partial charge in [0, 0.05) is 26.2 Å². The molecule has 3 rings (SSSR count). The summed E-state index contributed by atoms with van der Waals surface area (Å²) < 4.78 is 76.7. The summed E-state index contributed by atoms with van der Waals surface area (Å²) in [6, 6.07) is 8.78. The first kappa shape index (κ1) is 25.5. The van der Waals surface area contributed by atoms with Gasteiger partial charge in [-0.25, -0.2) is 0 Å². The van der Waals surface area contributed by atoms with Crippen molar-refractivity contribution in [1.82, 2.24) is 15.1 Å². The zero-order chi connectivity index (χ0) is 25.1. The Balaban J connectivity index is 1.71. The molecule has 0 saturated carbocycles. The van der Waals surface area contributed by atoms with E-state index in [1.807, 2.05) is 6.92 Å². The zero-order valence-electron chi connectivity index (χ0n) is 18.2. The van der Waals surface area contributed by atoms with Crippen LogP contribution in [0.5, 0.6) is 0 Å². The van der Waals surface area contributed by atoms with Crippen molar-refractivity contribution in [2.24, 2.45) is 0 Å². The first-order valence-electron chi connectivity index (χ1n) is 10.3. The number of alkyl halides is 6. The average molecular weight is 487 g/mol. The van der Waals surface area contributed by atoms with Gasteiger partial charge in [0.15, 0.2) is 0 Å². The fraction of sp³-hybridized carbons (Fsp3) is 0.391. The summed E-state index contributed by atoms with van der Waals surface area (Å²) in [5.41, 5.74) is -1.30. The smallest absolute Gasteiger partial charge is 0.332 e. The van der Waals surface area contributed by atoms with Crippen LogP contribution in [0.25, 0.3) is 0 Å². The summed E-state index contributed by atoms with van der Waals surface area (Å²) in [5, 5.41) is 3.06. The van der Waals surface area contributed by atoms with Crippen molar-refractivity contribution in [3.8, 4) is 0 Å². The monoisotopic (exact) mass is 487 g/mol. The van der Waals surface area contributed by atoms with E-state index < -0.39 is 34.9 Å². The number of halogens is 6. The van der Waals surface area contributed by atoms with Crippen LogP contribution in [0.4, 0.5) is 26.3 Å². The molecule has 0 bridgehead atoms. The highest BCUT2D eigenvalue weighted by atomic mass is 19.4. The summed E-state index contributed by atoms with van der Waals surface area (Å²) in [5.74, 6) is -0.428. The number of carbonyl (C=O) groups is 2. The molecule has 0 unspecified atom stereocenters. The standard InChI is InChI=1S/C23H23F6N3O2/c1-21(13-30-14-21)32(11-17-4-8-19(9-5-17)23(27,28)29)20(34)12-31(15-33)10-16-2-6-18(7-3-16)22(24,25)26/h2-9,15,30H,10-14H2,1H3. The Hall–Kier alpha value is -3.08. The Kier molecular flexibility index (Phi) is 7.25. The maximum atomic E-state index is 13.1. The SMILES string of the molecule is CC1(N(Cc2ccc(C(F)(F)F)cc2)C(=O)CN(C=O)Cc2ccc(C(F)(F)F)cc2)CNC1. The lowest BCUT2D eigenvalue weighted by atomic mass is 9.91. The van der Waals surface area contributed by atoms with Gasteiger partial charge in [-0.3, -0.25) is 9.59 Å². The van der Waals surface area contributed by atoms with Crippen molar-refractivity contribution in [1.29, 1.82) is 0 Å². The van der Waals surface area contributed by atoms with Crippen molar-refractivity contribution >= 4 is 12.3 Å². The van der Waals surface area contributed by atoms with Crippen molar-refractivity contribution in [3.05, 3.63) is 70.8 Å². The lowest BCUT2D eigenvalue weighted by molar-refractivity contribution is -0.144. The van der Waals surface area contributed by atoms with Crippen molar-refractivity contribution in [3.63, 3.8) is 0 Å². The van der Waals surface area contributed by atoms with E-state index in [0.717, 1.165) is 29.2 Å². The van der Waals surface area contributed by atoms with Crippen molar-refractivity contribution < 1.29 is 35.9 Å². The third-order valence-corrected chi connectivity index (χ3v) is 5.74. The molecular formula is C23H23F6N3O2. The molecule has 0 aliphatic carbocycles. The molecule has 1 aliphatic rings. The molecule has 1 N–H and O–H groups in total. The van der Waals surface area contributed by atoms with Crippen LogP contribution in [0, 0.1) is 0 Å². The second-order valence-corrected chi connectivity index (χ2v) is 8.48. The topological polar surface area (TPSA) is 52.7 Å². The summed E-state index contributed by atoms with van der Waals surface area (Å²) in [4.78, 5) is 27.3. The predicted octanol–water partition coefficient (Wildman–Crippen LogP) is 4.07. The molecule has 2 aromatic rings. The van der Waals surface area contributed by atoms with Gasteiger partial charge in [0.25, 0.3) is 0 Å². The normalized spacial score (nSPS) is 15.4. The quantitative estimate of drug-likeness (QED) is 0.451. The minimum Gasteiger partial charge on any atom is -0.332 e. The highest BCUT2D eigenvalue weighted by molar-refractivity contribution is 5.81. The molecule has 1 aliphatic heterocycles. The van der Waals surface area contributed by atoms with Gasteiger partial charge in [0.2, 0.25) is 12.3 Å². The highest BCUT2D eigenvalue weighted by Gasteiger charge is 2.41. The van der Waals surface area contributed by atoms with Gasteiger partial charge in [-0.2, -0.15) is 26.3 Å². The predicted molar refractivity (Wildman–Crippen MR) is 111 cm³/mol. The summed E-state index contributed by atoms with van der Waals surface area (Å²) in [6.07, 6.45) is -8.52. The lowest BCUT2D eigenvalue weighted by Gasteiger charge is -2.48. The number of rotatable bonds is 8. The van der Waals surface area contributed by atoms with Gasteiger partial charge in [0.1, 0.15) is 0 Å². The number of amides is 2. The molecule has 1 saturated heterocycles. The maximum absolute atomic E-state index is 13.1. The van der Waals surface area contributed by atoms with Gasteiger partial charge in [-0.15, -0.1) is 0 Å².